The molecule has 0 saturated heterocycles. The number of ether oxygens (including phenoxy) is 1. The minimum Gasteiger partial charge on any atom is -0.450 e. The van der Waals surface area contributed by atoms with Crippen LogP contribution in [0.4, 0.5) is 0 Å². The van der Waals surface area contributed by atoms with Crippen molar-refractivity contribution in [1.29, 1.82) is 0 Å². The van der Waals surface area contributed by atoms with Crippen molar-refractivity contribution in [2.24, 2.45) is 5.92 Å². The fourth-order valence-electron chi connectivity index (χ4n) is 4.82. The van der Waals surface area contributed by atoms with Gasteiger partial charge in [0.1, 0.15) is 5.58 Å². The second-order valence-corrected chi connectivity index (χ2v) is 10.3. The van der Waals surface area contributed by atoms with Gasteiger partial charge in [-0.05, 0) is 37.7 Å². The molecule has 2 aromatic rings. The number of esters is 1. The van der Waals surface area contributed by atoms with Crippen molar-refractivity contribution >= 4 is 34.6 Å². The number of rotatable bonds is 7. The van der Waals surface area contributed by atoms with Crippen molar-refractivity contribution in [3.05, 3.63) is 35.6 Å². The van der Waals surface area contributed by atoms with E-state index in [9.17, 15) is 9.59 Å². The number of fused-ring (bicyclic) bond motifs is 1. The van der Waals surface area contributed by atoms with Crippen LogP contribution in [-0.2, 0) is 15.3 Å². The molecule has 5 nitrogen and oxygen atoms in total. The third kappa shape index (κ3) is 5.65. The van der Waals surface area contributed by atoms with Gasteiger partial charge in [0.05, 0.1) is 0 Å². The SMILES string of the molecule is CC1CCCCC1NC(=O)COC(=O)c1oc2ccccc2c1CSC1CCCCC1. The number of benzene rings is 1. The van der Waals surface area contributed by atoms with Gasteiger partial charge in [0.2, 0.25) is 5.76 Å². The zero-order valence-corrected chi connectivity index (χ0v) is 19.2. The van der Waals surface area contributed by atoms with E-state index in [0.29, 0.717) is 16.8 Å². The molecule has 168 valence electrons. The van der Waals surface area contributed by atoms with E-state index in [2.05, 4.69) is 12.2 Å². The molecule has 2 aliphatic rings. The standard InChI is InChI=1S/C25H33NO4S/c1-17-9-5-7-13-21(17)26-23(27)15-29-25(28)24-20(16-31-18-10-3-2-4-11-18)19-12-6-8-14-22(19)30-24/h6,8,12,14,17-18,21H,2-5,7,9-11,13,15-16H2,1H3,(H,26,27). The molecule has 1 heterocycles. The second-order valence-electron chi connectivity index (χ2n) is 8.99. The van der Waals surface area contributed by atoms with Gasteiger partial charge in [-0.1, -0.05) is 57.2 Å². The minimum atomic E-state index is -0.553. The van der Waals surface area contributed by atoms with Gasteiger partial charge in [-0.2, -0.15) is 11.8 Å². The van der Waals surface area contributed by atoms with Crippen LogP contribution in [0.3, 0.4) is 0 Å². The highest BCUT2D eigenvalue weighted by Crippen LogP contribution is 2.35. The Hall–Kier alpha value is -1.95. The summed E-state index contributed by atoms with van der Waals surface area (Å²) in [5.74, 6) is 0.636. The highest BCUT2D eigenvalue weighted by molar-refractivity contribution is 7.99. The Balaban J connectivity index is 1.40. The number of hydrogen-bond donors (Lipinski definition) is 1. The third-order valence-electron chi connectivity index (χ3n) is 6.69. The van der Waals surface area contributed by atoms with Crippen molar-refractivity contribution in [3.63, 3.8) is 0 Å². The van der Waals surface area contributed by atoms with E-state index >= 15 is 0 Å². The lowest BCUT2D eigenvalue weighted by Gasteiger charge is -2.29. The predicted octanol–water partition coefficient (Wildman–Crippen LogP) is 5.85. The number of thioether (sulfide) groups is 1. The van der Waals surface area contributed by atoms with Crippen LogP contribution in [0.1, 0.15) is 80.8 Å². The number of para-hydroxylation sites is 1. The van der Waals surface area contributed by atoms with Crippen LogP contribution in [0.5, 0.6) is 0 Å². The van der Waals surface area contributed by atoms with Crippen molar-refractivity contribution in [2.45, 2.75) is 81.8 Å². The molecule has 0 aliphatic heterocycles. The molecule has 1 aromatic heterocycles. The summed E-state index contributed by atoms with van der Waals surface area (Å²) in [6, 6.07) is 7.90. The Morgan fingerprint density at radius 2 is 1.81 bits per heavy atom. The second kappa shape index (κ2) is 10.6. The Kier molecular flexibility index (Phi) is 7.59. The molecule has 2 unspecified atom stereocenters. The highest BCUT2D eigenvalue weighted by atomic mass is 32.2. The highest BCUT2D eigenvalue weighted by Gasteiger charge is 2.26. The maximum atomic E-state index is 12.8. The minimum absolute atomic E-state index is 0.175. The molecule has 1 aromatic carbocycles. The summed E-state index contributed by atoms with van der Waals surface area (Å²) < 4.78 is 11.3. The van der Waals surface area contributed by atoms with Crippen LogP contribution in [0.2, 0.25) is 0 Å². The molecule has 1 N–H and O–H groups in total. The molecule has 1 amide bonds. The van der Waals surface area contributed by atoms with Gasteiger partial charge in [0, 0.05) is 28.0 Å². The van der Waals surface area contributed by atoms with E-state index in [-0.39, 0.29) is 24.3 Å². The maximum Gasteiger partial charge on any atom is 0.375 e. The predicted molar refractivity (Wildman–Crippen MR) is 124 cm³/mol. The first-order valence-corrected chi connectivity index (χ1v) is 12.7. The van der Waals surface area contributed by atoms with E-state index in [1.807, 2.05) is 36.0 Å². The van der Waals surface area contributed by atoms with Crippen molar-refractivity contribution < 1.29 is 18.7 Å². The summed E-state index contributed by atoms with van der Waals surface area (Å²) in [5.41, 5.74) is 1.58. The van der Waals surface area contributed by atoms with Gasteiger partial charge < -0.3 is 14.5 Å². The lowest BCUT2D eigenvalue weighted by atomic mass is 9.86. The lowest BCUT2D eigenvalue weighted by Crippen LogP contribution is -2.42. The van der Waals surface area contributed by atoms with Gasteiger partial charge in [-0.15, -0.1) is 0 Å². The molecular weight excluding hydrogens is 410 g/mol. The molecule has 4 rings (SSSR count). The summed E-state index contributed by atoms with van der Waals surface area (Å²) in [6.07, 6.45) is 10.8. The number of nitrogens with one attached hydrogen (secondary N) is 1. The van der Waals surface area contributed by atoms with Gasteiger partial charge in [-0.3, -0.25) is 4.79 Å². The Morgan fingerprint density at radius 3 is 2.61 bits per heavy atom. The van der Waals surface area contributed by atoms with Gasteiger partial charge in [0.25, 0.3) is 5.91 Å². The van der Waals surface area contributed by atoms with Gasteiger partial charge >= 0.3 is 5.97 Å². The van der Waals surface area contributed by atoms with Crippen LogP contribution >= 0.6 is 11.8 Å². The Morgan fingerprint density at radius 1 is 1.06 bits per heavy atom. The van der Waals surface area contributed by atoms with E-state index in [0.717, 1.165) is 36.0 Å². The Labute approximate surface area is 188 Å². The molecule has 0 spiro atoms. The summed E-state index contributed by atoms with van der Waals surface area (Å²) in [6.45, 7) is 1.90. The first-order valence-electron chi connectivity index (χ1n) is 11.7. The maximum absolute atomic E-state index is 12.8. The van der Waals surface area contributed by atoms with Crippen molar-refractivity contribution in [1.82, 2.24) is 5.32 Å². The molecule has 2 atom stereocenters. The zero-order chi connectivity index (χ0) is 21.6. The van der Waals surface area contributed by atoms with Crippen LogP contribution in [-0.4, -0.2) is 29.8 Å². The van der Waals surface area contributed by atoms with Crippen molar-refractivity contribution in [3.8, 4) is 0 Å². The average Bonchev–Trinajstić information content (AvgIpc) is 3.17. The van der Waals surface area contributed by atoms with Crippen LogP contribution < -0.4 is 5.32 Å². The first-order chi connectivity index (χ1) is 15.1. The smallest absolute Gasteiger partial charge is 0.375 e. The molecule has 31 heavy (non-hydrogen) atoms. The molecule has 0 bridgehead atoms. The Bertz CT molecular complexity index is 902. The zero-order valence-electron chi connectivity index (χ0n) is 18.4. The number of carbonyl (C=O) groups excluding carboxylic acids is 2. The average molecular weight is 444 g/mol. The topological polar surface area (TPSA) is 68.5 Å². The van der Waals surface area contributed by atoms with E-state index in [4.69, 9.17) is 9.15 Å². The van der Waals surface area contributed by atoms with Gasteiger partial charge in [0.15, 0.2) is 6.61 Å². The lowest BCUT2D eigenvalue weighted by molar-refractivity contribution is -0.125. The molecule has 2 aliphatic carbocycles. The summed E-state index contributed by atoms with van der Waals surface area (Å²) in [4.78, 5) is 25.2. The van der Waals surface area contributed by atoms with Crippen LogP contribution in [0.15, 0.2) is 28.7 Å². The molecule has 6 heteroatoms. The fourth-order valence-corrected chi connectivity index (χ4v) is 6.17. The van der Waals surface area contributed by atoms with E-state index in [1.54, 1.807) is 0 Å². The quantitative estimate of drug-likeness (QED) is 0.544. The number of hydrogen-bond acceptors (Lipinski definition) is 5. The van der Waals surface area contributed by atoms with Crippen LogP contribution in [0, 0.1) is 5.92 Å². The van der Waals surface area contributed by atoms with E-state index < -0.39 is 5.97 Å². The molecule has 0 radical (unpaired) electrons. The number of carbonyl (C=O) groups is 2. The summed E-state index contributed by atoms with van der Waals surface area (Å²) >= 11 is 1.90. The van der Waals surface area contributed by atoms with Crippen molar-refractivity contribution in [2.75, 3.05) is 6.61 Å². The van der Waals surface area contributed by atoms with Gasteiger partial charge in [-0.25, -0.2) is 4.79 Å². The monoisotopic (exact) mass is 443 g/mol. The normalized spacial score (nSPS) is 22.4. The third-order valence-corrected chi connectivity index (χ3v) is 8.09. The first kappa shape index (κ1) is 22.3. The number of amides is 1. The molecule has 2 fully saturated rings. The largest absolute Gasteiger partial charge is 0.450 e. The number of furan rings is 1. The summed E-state index contributed by atoms with van der Waals surface area (Å²) in [5, 5.41) is 4.62. The van der Waals surface area contributed by atoms with Crippen LogP contribution in [0.25, 0.3) is 11.0 Å². The summed E-state index contributed by atoms with van der Waals surface area (Å²) in [7, 11) is 0. The molecule has 2 saturated carbocycles. The fraction of sp³-hybridized carbons (Fsp3) is 0.600. The van der Waals surface area contributed by atoms with E-state index in [1.165, 1.54) is 38.5 Å². The molecular formula is C25H33NO4S.